The Morgan fingerprint density at radius 1 is 1.38 bits per heavy atom. The summed E-state index contributed by atoms with van der Waals surface area (Å²) >= 11 is 0. The molecule has 0 radical (unpaired) electrons. The first-order chi connectivity index (χ1) is 6.09. The van der Waals surface area contributed by atoms with E-state index in [0.29, 0.717) is 13.1 Å². The van der Waals surface area contributed by atoms with E-state index < -0.39 is 12.0 Å². The van der Waals surface area contributed by atoms with E-state index in [-0.39, 0.29) is 12.3 Å². The van der Waals surface area contributed by atoms with Gasteiger partial charge in [0, 0.05) is 19.5 Å². The van der Waals surface area contributed by atoms with Gasteiger partial charge in [-0.1, -0.05) is 0 Å². The van der Waals surface area contributed by atoms with Crippen LogP contribution in [0, 0.1) is 5.92 Å². The first kappa shape index (κ1) is 9.83. The molecule has 0 unspecified atom stereocenters. The third kappa shape index (κ3) is 2.93. The monoisotopic (exact) mass is 186 g/mol. The molecule has 0 aromatic heterocycles. The smallest absolute Gasteiger partial charge is 0.314 e. The van der Waals surface area contributed by atoms with Gasteiger partial charge in [0.25, 0.3) is 0 Å². The Labute approximate surface area is 76.5 Å². The molecule has 0 aromatic rings. The molecule has 5 heteroatoms. The van der Waals surface area contributed by atoms with Crippen molar-refractivity contribution in [1.82, 2.24) is 4.90 Å². The van der Waals surface area contributed by atoms with Gasteiger partial charge in [0.15, 0.2) is 0 Å². The summed E-state index contributed by atoms with van der Waals surface area (Å²) in [6, 6.07) is -0.409. The fourth-order valence-electron chi connectivity index (χ4n) is 1.60. The Bertz CT molecular complexity index is 209. The number of rotatable bonds is 2. The molecule has 0 bridgehead atoms. The Kier molecular flexibility index (Phi) is 3.11. The Morgan fingerprint density at radius 2 is 1.92 bits per heavy atom. The highest BCUT2D eigenvalue weighted by Gasteiger charge is 2.22. The lowest BCUT2D eigenvalue weighted by molar-refractivity contribution is -0.138. The van der Waals surface area contributed by atoms with E-state index in [1.54, 1.807) is 4.90 Å². The number of carbonyl (C=O) groups is 2. The number of primary amides is 1. The number of nitrogens with zero attached hydrogens (tertiary/aromatic N) is 1. The van der Waals surface area contributed by atoms with Crippen molar-refractivity contribution in [2.75, 3.05) is 13.1 Å². The van der Waals surface area contributed by atoms with Crippen LogP contribution in [0.3, 0.4) is 0 Å². The van der Waals surface area contributed by atoms with Crippen LogP contribution in [-0.2, 0) is 4.79 Å². The quantitative estimate of drug-likeness (QED) is 0.648. The maximum Gasteiger partial charge on any atom is 0.314 e. The molecule has 13 heavy (non-hydrogen) atoms. The van der Waals surface area contributed by atoms with E-state index in [2.05, 4.69) is 0 Å². The van der Waals surface area contributed by atoms with Crippen LogP contribution in [0.25, 0.3) is 0 Å². The van der Waals surface area contributed by atoms with Crippen LogP contribution in [0.5, 0.6) is 0 Å². The number of amides is 2. The molecule has 0 spiro atoms. The number of nitrogens with two attached hydrogens (primary N) is 1. The van der Waals surface area contributed by atoms with Crippen molar-refractivity contribution in [3.05, 3.63) is 0 Å². The number of aliphatic carboxylic acids is 1. The van der Waals surface area contributed by atoms with E-state index >= 15 is 0 Å². The van der Waals surface area contributed by atoms with Crippen molar-refractivity contribution in [2.45, 2.75) is 19.3 Å². The molecule has 0 aliphatic carbocycles. The van der Waals surface area contributed by atoms with Crippen LogP contribution in [0.4, 0.5) is 4.79 Å². The number of piperidine rings is 1. The standard InChI is InChI=1S/C8H14N2O3/c9-8(13)10-3-1-6(2-4-10)5-7(11)12/h6H,1-5H2,(H2,9,13)(H,11,12). The molecule has 1 heterocycles. The van der Waals surface area contributed by atoms with Gasteiger partial charge in [-0.3, -0.25) is 4.79 Å². The number of carboxylic acid groups (broad SMARTS) is 1. The van der Waals surface area contributed by atoms with Crippen molar-refractivity contribution < 1.29 is 14.7 Å². The Morgan fingerprint density at radius 3 is 2.31 bits per heavy atom. The molecule has 5 nitrogen and oxygen atoms in total. The third-order valence-electron chi connectivity index (χ3n) is 2.39. The molecular weight excluding hydrogens is 172 g/mol. The summed E-state index contributed by atoms with van der Waals surface area (Å²) in [5.74, 6) is -0.564. The van der Waals surface area contributed by atoms with E-state index in [4.69, 9.17) is 10.8 Å². The molecule has 1 aliphatic heterocycles. The number of carboxylic acids is 1. The summed E-state index contributed by atoms with van der Waals surface area (Å²) in [4.78, 5) is 22.6. The summed E-state index contributed by atoms with van der Waals surface area (Å²) in [6.07, 6.45) is 1.69. The second kappa shape index (κ2) is 4.11. The summed E-state index contributed by atoms with van der Waals surface area (Å²) in [6.45, 7) is 1.18. The first-order valence-corrected chi connectivity index (χ1v) is 4.35. The normalized spacial score (nSPS) is 18.6. The predicted octanol–water partition coefficient (Wildman–Crippen LogP) is 0.252. The van der Waals surface area contributed by atoms with Gasteiger partial charge in [0.2, 0.25) is 0 Å². The maximum absolute atomic E-state index is 10.7. The summed E-state index contributed by atoms with van der Waals surface area (Å²) in [5, 5.41) is 8.54. The van der Waals surface area contributed by atoms with Gasteiger partial charge in [-0.25, -0.2) is 4.79 Å². The average molecular weight is 186 g/mol. The zero-order valence-electron chi connectivity index (χ0n) is 7.40. The lowest BCUT2D eigenvalue weighted by atomic mass is 9.94. The zero-order valence-corrected chi connectivity index (χ0v) is 7.40. The van der Waals surface area contributed by atoms with Crippen molar-refractivity contribution >= 4 is 12.0 Å². The molecule has 0 atom stereocenters. The van der Waals surface area contributed by atoms with E-state index in [1.807, 2.05) is 0 Å². The molecule has 74 valence electrons. The van der Waals surface area contributed by atoms with Crippen molar-refractivity contribution in [1.29, 1.82) is 0 Å². The SMILES string of the molecule is NC(=O)N1CCC(CC(=O)O)CC1. The molecule has 0 aromatic carbocycles. The Balaban J connectivity index is 2.30. The van der Waals surface area contributed by atoms with Crippen LogP contribution in [0.1, 0.15) is 19.3 Å². The van der Waals surface area contributed by atoms with Gasteiger partial charge in [0.1, 0.15) is 0 Å². The minimum atomic E-state index is -0.766. The summed E-state index contributed by atoms with van der Waals surface area (Å²) < 4.78 is 0. The molecule has 1 aliphatic rings. The van der Waals surface area contributed by atoms with Gasteiger partial charge < -0.3 is 15.7 Å². The molecule has 1 fully saturated rings. The highest BCUT2D eigenvalue weighted by molar-refractivity contribution is 5.72. The fraction of sp³-hybridized carbons (Fsp3) is 0.750. The second-order valence-electron chi connectivity index (χ2n) is 3.37. The van der Waals surface area contributed by atoms with Crippen LogP contribution in [-0.4, -0.2) is 35.1 Å². The van der Waals surface area contributed by atoms with Gasteiger partial charge >= 0.3 is 12.0 Å². The van der Waals surface area contributed by atoms with Gasteiger partial charge in [0.05, 0.1) is 0 Å². The van der Waals surface area contributed by atoms with E-state index in [0.717, 1.165) is 12.8 Å². The highest BCUT2D eigenvalue weighted by atomic mass is 16.4. The van der Waals surface area contributed by atoms with E-state index in [9.17, 15) is 9.59 Å². The molecule has 0 saturated carbocycles. The van der Waals surface area contributed by atoms with Crippen LogP contribution in [0.15, 0.2) is 0 Å². The minimum Gasteiger partial charge on any atom is -0.481 e. The van der Waals surface area contributed by atoms with Gasteiger partial charge in [-0.15, -0.1) is 0 Å². The van der Waals surface area contributed by atoms with Gasteiger partial charge in [-0.05, 0) is 18.8 Å². The topological polar surface area (TPSA) is 83.6 Å². The molecule has 2 amide bonds. The van der Waals surface area contributed by atoms with Crippen LogP contribution >= 0.6 is 0 Å². The first-order valence-electron chi connectivity index (χ1n) is 4.35. The van der Waals surface area contributed by atoms with E-state index in [1.165, 1.54) is 0 Å². The summed E-state index contributed by atoms with van der Waals surface area (Å²) in [7, 11) is 0. The summed E-state index contributed by atoms with van der Waals surface area (Å²) in [5.41, 5.74) is 5.08. The molecule has 3 N–H and O–H groups in total. The second-order valence-corrected chi connectivity index (χ2v) is 3.37. The number of likely N-dealkylation sites (tertiary alicyclic amines) is 1. The average Bonchev–Trinajstić information content (AvgIpc) is 2.04. The van der Waals surface area contributed by atoms with Crippen molar-refractivity contribution in [3.63, 3.8) is 0 Å². The van der Waals surface area contributed by atoms with Crippen molar-refractivity contribution in [2.24, 2.45) is 11.7 Å². The maximum atomic E-state index is 10.7. The number of hydrogen-bond acceptors (Lipinski definition) is 2. The molecule has 1 rings (SSSR count). The van der Waals surface area contributed by atoms with Gasteiger partial charge in [-0.2, -0.15) is 0 Å². The number of hydrogen-bond donors (Lipinski definition) is 2. The number of urea groups is 1. The largest absolute Gasteiger partial charge is 0.481 e. The predicted molar refractivity (Wildman–Crippen MR) is 46.1 cm³/mol. The lowest BCUT2D eigenvalue weighted by Crippen LogP contribution is -2.41. The fourth-order valence-corrected chi connectivity index (χ4v) is 1.60. The minimum absolute atomic E-state index is 0.201. The number of carbonyl (C=O) groups excluding carboxylic acids is 1. The van der Waals surface area contributed by atoms with Crippen LogP contribution in [0.2, 0.25) is 0 Å². The van der Waals surface area contributed by atoms with Crippen molar-refractivity contribution in [3.8, 4) is 0 Å². The highest BCUT2D eigenvalue weighted by Crippen LogP contribution is 2.19. The lowest BCUT2D eigenvalue weighted by Gasteiger charge is -2.29. The molecule has 1 saturated heterocycles. The Hall–Kier alpha value is -1.26. The third-order valence-corrected chi connectivity index (χ3v) is 2.39. The van der Waals surface area contributed by atoms with Crippen LogP contribution < -0.4 is 5.73 Å². The molecular formula is C8H14N2O3. The zero-order chi connectivity index (χ0) is 9.84.